The van der Waals surface area contributed by atoms with Gasteiger partial charge < -0.3 is 15.3 Å². The summed E-state index contributed by atoms with van der Waals surface area (Å²) in [7, 11) is 0. The molecule has 0 radical (unpaired) electrons. The normalized spacial score (nSPS) is 11.7. The van der Waals surface area contributed by atoms with E-state index < -0.39 is 5.97 Å². The van der Waals surface area contributed by atoms with E-state index in [2.05, 4.69) is 0 Å². The zero-order valence-electron chi connectivity index (χ0n) is 11.0. The van der Waals surface area contributed by atoms with Gasteiger partial charge in [-0.15, -0.1) is 0 Å². The molecule has 0 aromatic heterocycles. The number of aliphatic carboxylic acids is 1. The van der Waals surface area contributed by atoms with Gasteiger partial charge in [-0.2, -0.15) is 0 Å². The van der Waals surface area contributed by atoms with Gasteiger partial charge >= 0.3 is 5.97 Å². The number of hydrogen-bond donors (Lipinski definition) is 3. The number of benzene rings is 1. The van der Waals surface area contributed by atoms with Crippen LogP contribution in [0.5, 0.6) is 11.5 Å². The van der Waals surface area contributed by atoms with Crippen LogP contribution in [0, 0.1) is 20.8 Å². The summed E-state index contributed by atoms with van der Waals surface area (Å²) in [5.41, 5.74) is 2.63. The Morgan fingerprint density at radius 1 is 1.06 bits per heavy atom. The predicted molar refractivity (Wildman–Crippen MR) is 69.1 cm³/mol. The van der Waals surface area contributed by atoms with Crippen molar-refractivity contribution >= 4 is 5.97 Å². The van der Waals surface area contributed by atoms with Gasteiger partial charge in [-0.1, -0.05) is 6.08 Å². The number of aromatic hydroxyl groups is 2. The van der Waals surface area contributed by atoms with E-state index in [0.717, 1.165) is 0 Å². The van der Waals surface area contributed by atoms with Crippen LogP contribution in [0.1, 0.15) is 29.2 Å². The molecular formula is C14H18O4. The highest BCUT2D eigenvalue weighted by Gasteiger charge is 2.15. The summed E-state index contributed by atoms with van der Waals surface area (Å²) in [6.07, 6.45) is 1.81. The lowest BCUT2D eigenvalue weighted by Crippen LogP contribution is -1.99. The van der Waals surface area contributed by atoms with Crippen LogP contribution in [0.3, 0.4) is 0 Å². The van der Waals surface area contributed by atoms with Gasteiger partial charge in [0.2, 0.25) is 0 Å². The molecule has 0 saturated heterocycles. The molecule has 4 nitrogen and oxygen atoms in total. The number of allylic oxidation sites excluding steroid dienone is 1. The number of rotatable bonds is 3. The number of carboxylic acid groups (broad SMARTS) is 1. The van der Waals surface area contributed by atoms with Gasteiger partial charge in [0.25, 0.3) is 0 Å². The van der Waals surface area contributed by atoms with Crippen molar-refractivity contribution in [3.8, 4) is 11.5 Å². The van der Waals surface area contributed by atoms with Crippen molar-refractivity contribution in [2.45, 2.75) is 34.1 Å². The molecule has 1 rings (SSSR count). The zero-order chi connectivity index (χ0) is 14.0. The second kappa shape index (κ2) is 5.12. The monoisotopic (exact) mass is 250 g/mol. The Kier molecular flexibility index (Phi) is 4.01. The molecule has 4 heteroatoms. The molecule has 0 unspecified atom stereocenters. The molecule has 0 atom stereocenters. The standard InChI is InChI=1S/C14H18O4/c1-7(14(17)18)5-6-11-10(4)12(15)8(2)9(3)13(11)16/h5,15-16H,6H2,1-4H3,(H,17,18). The minimum atomic E-state index is -0.986. The molecule has 0 saturated carbocycles. The first-order valence-electron chi connectivity index (χ1n) is 5.68. The van der Waals surface area contributed by atoms with Gasteiger partial charge in [-0.3, -0.25) is 0 Å². The van der Waals surface area contributed by atoms with Gasteiger partial charge in [-0.05, 0) is 50.8 Å². The van der Waals surface area contributed by atoms with E-state index in [1.54, 1.807) is 20.8 Å². The molecule has 98 valence electrons. The molecule has 0 heterocycles. The average molecular weight is 250 g/mol. The predicted octanol–water partition coefficient (Wildman–Crippen LogP) is 2.60. The van der Waals surface area contributed by atoms with E-state index in [-0.39, 0.29) is 23.5 Å². The number of carbonyl (C=O) groups is 1. The highest BCUT2D eigenvalue weighted by atomic mass is 16.4. The second-order valence-electron chi connectivity index (χ2n) is 4.45. The van der Waals surface area contributed by atoms with Crippen LogP contribution in [0.15, 0.2) is 11.6 Å². The summed E-state index contributed by atoms with van der Waals surface area (Å²) < 4.78 is 0. The van der Waals surface area contributed by atoms with Crippen molar-refractivity contribution in [1.82, 2.24) is 0 Å². The molecular weight excluding hydrogens is 232 g/mol. The van der Waals surface area contributed by atoms with Crippen molar-refractivity contribution in [3.05, 3.63) is 33.9 Å². The van der Waals surface area contributed by atoms with Crippen LogP contribution in [0.25, 0.3) is 0 Å². The maximum Gasteiger partial charge on any atom is 0.330 e. The van der Waals surface area contributed by atoms with Gasteiger partial charge in [0, 0.05) is 11.1 Å². The average Bonchev–Trinajstić information content (AvgIpc) is 2.33. The Morgan fingerprint density at radius 3 is 2.06 bits per heavy atom. The third-order valence-corrected chi connectivity index (χ3v) is 3.32. The van der Waals surface area contributed by atoms with E-state index in [0.29, 0.717) is 22.3 Å². The first-order chi connectivity index (χ1) is 8.27. The SMILES string of the molecule is CC(=CCc1c(C)c(O)c(C)c(C)c1O)C(=O)O. The summed E-state index contributed by atoms with van der Waals surface area (Å²) >= 11 is 0. The van der Waals surface area contributed by atoms with Crippen molar-refractivity contribution in [2.24, 2.45) is 0 Å². The maximum atomic E-state index is 10.7. The molecule has 0 aliphatic heterocycles. The fourth-order valence-corrected chi connectivity index (χ4v) is 1.78. The van der Waals surface area contributed by atoms with Gasteiger partial charge in [0.05, 0.1) is 0 Å². The number of phenols is 2. The number of hydrogen-bond acceptors (Lipinski definition) is 3. The van der Waals surface area contributed by atoms with Crippen molar-refractivity contribution in [1.29, 1.82) is 0 Å². The van der Waals surface area contributed by atoms with Crippen molar-refractivity contribution < 1.29 is 20.1 Å². The van der Waals surface area contributed by atoms with E-state index in [1.165, 1.54) is 13.0 Å². The van der Waals surface area contributed by atoms with E-state index in [4.69, 9.17) is 5.11 Å². The van der Waals surface area contributed by atoms with Crippen LogP contribution in [0.2, 0.25) is 0 Å². The van der Waals surface area contributed by atoms with Crippen LogP contribution < -0.4 is 0 Å². The lowest BCUT2D eigenvalue weighted by atomic mass is 9.95. The molecule has 3 N–H and O–H groups in total. The summed E-state index contributed by atoms with van der Waals surface area (Å²) in [5.74, 6) is -0.709. The molecule has 1 aromatic rings. The number of phenolic OH excluding ortho intramolecular Hbond substituents is 2. The summed E-state index contributed by atoms with van der Waals surface area (Å²) in [5, 5.41) is 28.7. The molecule has 1 aromatic carbocycles. The minimum Gasteiger partial charge on any atom is -0.507 e. The Morgan fingerprint density at radius 2 is 1.56 bits per heavy atom. The fourth-order valence-electron chi connectivity index (χ4n) is 1.78. The van der Waals surface area contributed by atoms with Crippen LogP contribution in [-0.2, 0) is 11.2 Å². The maximum absolute atomic E-state index is 10.7. The van der Waals surface area contributed by atoms with Crippen molar-refractivity contribution in [2.75, 3.05) is 0 Å². The first kappa shape index (κ1) is 14.1. The number of carboxylic acids is 1. The molecule has 0 bridgehead atoms. The smallest absolute Gasteiger partial charge is 0.330 e. The Balaban J connectivity index is 3.27. The first-order valence-corrected chi connectivity index (χ1v) is 5.68. The highest BCUT2D eigenvalue weighted by molar-refractivity contribution is 5.85. The third-order valence-electron chi connectivity index (χ3n) is 3.32. The Bertz CT molecular complexity index is 498. The van der Waals surface area contributed by atoms with Gasteiger partial charge in [-0.25, -0.2) is 4.79 Å². The van der Waals surface area contributed by atoms with Crippen LogP contribution >= 0.6 is 0 Å². The van der Waals surface area contributed by atoms with E-state index in [9.17, 15) is 15.0 Å². The lowest BCUT2D eigenvalue weighted by Gasteiger charge is -2.14. The van der Waals surface area contributed by atoms with E-state index >= 15 is 0 Å². The van der Waals surface area contributed by atoms with Crippen LogP contribution in [-0.4, -0.2) is 21.3 Å². The second-order valence-corrected chi connectivity index (χ2v) is 4.45. The van der Waals surface area contributed by atoms with Crippen molar-refractivity contribution in [3.63, 3.8) is 0 Å². The molecule has 0 aliphatic carbocycles. The lowest BCUT2D eigenvalue weighted by molar-refractivity contribution is -0.132. The Hall–Kier alpha value is -1.97. The third kappa shape index (κ3) is 2.47. The molecule has 0 fully saturated rings. The zero-order valence-corrected chi connectivity index (χ0v) is 11.0. The van der Waals surface area contributed by atoms with Gasteiger partial charge in [0.1, 0.15) is 11.5 Å². The Labute approximate surface area is 106 Å². The summed E-state index contributed by atoms with van der Waals surface area (Å²) in [6, 6.07) is 0. The highest BCUT2D eigenvalue weighted by Crippen LogP contribution is 2.36. The fraction of sp³-hybridized carbons (Fsp3) is 0.357. The van der Waals surface area contributed by atoms with Crippen LogP contribution in [0.4, 0.5) is 0 Å². The molecule has 18 heavy (non-hydrogen) atoms. The van der Waals surface area contributed by atoms with E-state index in [1.807, 2.05) is 0 Å². The van der Waals surface area contributed by atoms with Gasteiger partial charge in [0.15, 0.2) is 0 Å². The topological polar surface area (TPSA) is 77.8 Å². The molecule has 0 spiro atoms. The molecule has 0 aliphatic rings. The summed E-state index contributed by atoms with van der Waals surface area (Å²) in [6.45, 7) is 6.66. The summed E-state index contributed by atoms with van der Waals surface area (Å²) in [4.78, 5) is 10.7. The largest absolute Gasteiger partial charge is 0.507 e. The minimum absolute atomic E-state index is 0.122. The molecule has 0 amide bonds. The quantitative estimate of drug-likeness (QED) is 0.569.